The predicted molar refractivity (Wildman–Crippen MR) is 115 cm³/mol. The monoisotopic (exact) mass is 413 g/mol. The molecule has 2 amide bonds. The van der Waals surface area contributed by atoms with Crippen LogP contribution in [0.15, 0.2) is 66.7 Å². The fourth-order valence-electron chi connectivity index (χ4n) is 3.77. The average molecular weight is 413 g/mol. The van der Waals surface area contributed by atoms with Crippen molar-refractivity contribution in [2.45, 2.75) is 6.54 Å². The van der Waals surface area contributed by atoms with Crippen molar-refractivity contribution in [2.75, 3.05) is 13.9 Å². The van der Waals surface area contributed by atoms with Crippen molar-refractivity contribution in [1.29, 1.82) is 0 Å². The fraction of sp³-hybridized carbons (Fsp3) is 0.120. The molecule has 0 radical (unpaired) electrons. The zero-order valence-electron chi connectivity index (χ0n) is 16.8. The Bertz CT molecular complexity index is 1210. The fourth-order valence-corrected chi connectivity index (χ4v) is 3.77. The van der Waals surface area contributed by atoms with E-state index in [9.17, 15) is 9.59 Å². The van der Waals surface area contributed by atoms with E-state index in [1.807, 2.05) is 36.4 Å². The van der Waals surface area contributed by atoms with Gasteiger partial charge in [-0.2, -0.15) is 0 Å². The molecule has 0 saturated carbocycles. The molecule has 3 aromatic carbocycles. The normalized spacial score (nSPS) is 15.9. The van der Waals surface area contributed by atoms with Gasteiger partial charge in [-0.1, -0.05) is 36.4 Å². The predicted octanol–water partition coefficient (Wildman–Crippen LogP) is 4.15. The van der Waals surface area contributed by atoms with Crippen molar-refractivity contribution in [1.82, 2.24) is 4.90 Å². The highest BCUT2D eigenvalue weighted by molar-refractivity contribution is 6.33. The van der Waals surface area contributed by atoms with Crippen molar-refractivity contribution in [2.24, 2.45) is 0 Å². The molecule has 0 unspecified atom stereocenters. The summed E-state index contributed by atoms with van der Waals surface area (Å²) in [6, 6.07) is 20.0. The number of rotatable bonds is 4. The zero-order valence-corrected chi connectivity index (χ0v) is 16.8. The third-order valence-corrected chi connectivity index (χ3v) is 5.37. The molecule has 0 atom stereocenters. The van der Waals surface area contributed by atoms with E-state index < -0.39 is 0 Å². The Balaban J connectivity index is 1.53. The van der Waals surface area contributed by atoms with Gasteiger partial charge in [0.25, 0.3) is 11.8 Å². The number of amides is 2. The standard InChI is InChI=1S/C25H19NO5/c1-29-18-9-6-16(7-10-18)12-21-19-4-2-3-5-20(19)24(27)26(25(21)28)14-17-8-11-22-23(13-17)31-15-30-22/h2-13H,14-15H2,1H3. The molecule has 2 heterocycles. The van der Waals surface area contributed by atoms with Crippen LogP contribution >= 0.6 is 0 Å². The van der Waals surface area contributed by atoms with E-state index >= 15 is 0 Å². The summed E-state index contributed by atoms with van der Waals surface area (Å²) in [6.07, 6.45) is 1.81. The Morgan fingerprint density at radius 2 is 1.65 bits per heavy atom. The highest BCUT2D eigenvalue weighted by Crippen LogP contribution is 2.35. The molecule has 6 heteroatoms. The van der Waals surface area contributed by atoms with E-state index in [0.717, 1.165) is 16.9 Å². The van der Waals surface area contributed by atoms with Crippen molar-refractivity contribution >= 4 is 23.5 Å². The number of hydrogen-bond donors (Lipinski definition) is 0. The first kappa shape index (κ1) is 18.9. The van der Waals surface area contributed by atoms with Crippen LogP contribution in [0.4, 0.5) is 0 Å². The lowest BCUT2D eigenvalue weighted by Crippen LogP contribution is -2.41. The minimum atomic E-state index is -0.336. The molecule has 2 aliphatic rings. The smallest absolute Gasteiger partial charge is 0.261 e. The zero-order chi connectivity index (χ0) is 21.4. The molecule has 0 aliphatic carbocycles. The number of fused-ring (bicyclic) bond motifs is 2. The van der Waals surface area contributed by atoms with Crippen LogP contribution in [0.5, 0.6) is 17.2 Å². The molecule has 3 aromatic rings. The van der Waals surface area contributed by atoms with Crippen LogP contribution in [0.3, 0.4) is 0 Å². The van der Waals surface area contributed by atoms with Crippen LogP contribution in [0.25, 0.3) is 11.6 Å². The Hall–Kier alpha value is -4.06. The van der Waals surface area contributed by atoms with Gasteiger partial charge in [0.05, 0.1) is 13.7 Å². The second kappa shape index (κ2) is 7.65. The second-order valence-electron chi connectivity index (χ2n) is 7.26. The van der Waals surface area contributed by atoms with E-state index in [4.69, 9.17) is 14.2 Å². The SMILES string of the molecule is COc1ccc(C=C2C(=O)N(Cc3ccc4c(c3)OCO4)C(=O)c3ccccc32)cc1. The lowest BCUT2D eigenvalue weighted by Gasteiger charge is -2.29. The Kier molecular flexibility index (Phi) is 4.67. The van der Waals surface area contributed by atoms with Crippen molar-refractivity contribution in [3.63, 3.8) is 0 Å². The van der Waals surface area contributed by atoms with Gasteiger partial charge >= 0.3 is 0 Å². The highest BCUT2D eigenvalue weighted by atomic mass is 16.7. The largest absolute Gasteiger partial charge is 0.497 e. The summed E-state index contributed by atoms with van der Waals surface area (Å²) >= 11 is 0. The van der Waals surface area contributed by atoms with E-state index in [1.165, 1.54) is 4.90 Å². The molecule has 0 N–H and O–H groups in total. The second-order valence-corrected chi connectivity index (χ2v) is 7.26. The Morgan fingerprint density at radius 1 is 0.903 bits per heavy atom. The maximum Gasteiger partial charge on any atom is 0.261 e. The number of ether oxygens (including phenoxy) is 3. The molecule has 154 valence electrons. The van der Waals surface area contributed by atoms with E-state index in [1.54, 1.807) is 43.5 Å². The van der Waals surface area contributed by atoms with Gasteiger partial charge < -0.3 is 14.2 Å². The van der Waals surface area contributed by atoms with E-state index in [0.29, 0.717) is 28.2 Å². The number of methoxy groups -OCH3 is 1. The van der Waals surface area contributed by atoms with Gasteiger partial charge in [0.1, 0.15) is 5.75 Å². The number of carbonyl (C=O) groups is 2. The molecular weight excluding hydrogens is 394 g/mol. The summed E-state index contributed by atoms with van der Waals surface area (Å²) in [5.74, 6) is 1.36. The van der Waals surface area contributed by atoms with Crippen molar-refractivity contribution < 1.29 is 23.8 Å². The molecule has 2 aliphatic heterocycles. The molecule has 0 saturated heterocycles. The minimum absolute atomic E-state index is 0.141. The molecule has 0 fully saturated rings. The first-order valence-corrected chi connectivity index (χ1v) is 9.84. The van der Waals surface area contributed by atoms with Gasteiger partial charge in [-0.05, 0) is 53.1 Å². The summed E-state index contributed by atoms with van der Waals surface area (Å²) < 4.78 is 16.0. The number of benzene rings is 3. The third kappa shape index (κ3) is 3.42. The summed E-state index contributed by atoms with van der Waals surface area (Å²) in [5, 5.41) is 0. The van der Waals surface area contributed by atoms with E-state index in [2.05, 4.69) is 0 Å². The molecule has 31 heavy (non-hydrogen) atoms. The van der Waals surface area contributed by atoms with Gasteiger partial charge in [0, 0.05) is 11.1 Å². The summed E-state index contributed by atoms with van der Waals surface area (Å²) in [5.41, 5.74) is 3.24. The molecule has 0 aromatic heterocycles. The number of nitrogens with zero attached hydrogens (tertiary/aromatic N) is 1. The number of hydrogen-bond acceptors (Lipinski definition) is 5. The summed E-state index contributed by atoms with van der Waals surface area (Å²) in [4.78, 5) is 27.8. The lowest BCUT2D eigenvalue weighted by atomic mass is 9.91. The first-order valence-electron chi connectivity index (χ1n) is 9.84. The molecule has 5 rings (SSSR count). The van der Waals surface area contributed by atoms with E-state index in [-0.39, 0.29) is 25.2 Å². The highest BCUT2D eigenvalue weighted by Gasteiger charge is 2.34. The van der Waals surface area contributed by atoms with Crippen LogP contribution in [-0.4, -0.2) is 30.6 Å². The lowest BCUT2D eigenvalue weighted by molar-refractivity contribution is -0.123. The van der Waals surface area contributed by atoms with Crippen LogP contribution in [-0.2, 0) is 11.3 Å². The molecule has 6 nitrogen and oxygen atoms in total. The third-order valence-electron chi connectivity index (χ3n) is 5.37. The van der Waals surface area contributed by atoms with Crippen molar-refractivity contribution in [3.05, 3.63) is 89.0 Å². The Labute approximate surface area is 179 Å². The van der Waals surface area contributed by atoms with Gasteiger partial charge in [0.2, 0.25) is 6.79 Å². The maximum absolute atomic E-state index is 13.4. The van der Waals surface area contributed by atoms with Crippen LogP contribution in [0.2, 0.25) is 0 Å². The molecule has 0 bridgehead atoms. The van der Waals surface area contributed by atoms with Gasteiger partial charge in [0.15, 0.2) is 11.5 Å². The van der Waals surface area contributed by atoms with Crippen LogP contribution in [0, 0.1) is 0 Å². The van der Waals surface area contributed by atoms with Crippen LogP contribution < -0.4 is 14.2 Å². The average Bonchev–Trinajstić information content (AvgIpc) is 3.28. The van der Waals surface area contributed by atoms with Gasteiger partial charge in [-0.3, -0.25) is 14.5 Å². The topological polar surface area (TPSA) is 65.1 Å². The molecular formula is C25H19NO5. The number of imide groups is 1. The van der Waals surface area contributed by atoms with Gasteiger partial charge in [-0.25, -0.2) is 0 Å². The summed E-state index contributed by atoms with van der Waals surface area (Å²) in [6.45, 7) is 0.311. The maximum atomic E-state index is 13.4. The Morgan fingerprint density at radius 3 is 2.42 bits per heavy atom. The van der Waals surface area contributed by atoms with Crippen molar-refractivity contribution in [3.8, 4) is 17.2 Å². The minimum Gasteiger partial charge on any atom is -0.497 e. The number of carbonyl (C=O) groups excluding carboxylic acids is 2. The molecule has 0 spiro atoms. The summed E-state index contributed by atoms with van der Waals surface area (Å²) in [7, 11) is 1.61. The quantitative estimate of drug-likeness (QED) is 0.475. The first-order chi connectivity index (χ1) is 15.1. The van der Waals surface area contributed by atoms with Gasteiger partial charge in [-0.15, -0.1) is 0 Å². The van der Waals surface area contributed by atoms with Crippen LogP contribution in [0.1, 0.15) is 27.0 Å².